The topological polar surface area (TPSA) is 43.1 Å². The van der Waals surface area contributed by atoms with Gasteiger partial charge in [0.15, 0.2) is 0 Å². The van der Waals surface area contributed by atoms with Crippen molar-refractivity contribution in [1.82, 2.24) is 0 Å². The van der Waals surface area contributed by atoms with E-state index in [-0.39, 0.29) is 12.3 Å². The van der Waals surface area contributed by atoms with Crippen molar-refractivity contribution in [3.05, 3.63) is 60.2 Å². The minimum Gasteiger partial charge on any atom is -0.369 e. The Bertz CT molecular complexity index is 491. The van der Waals surface area contributed by atoms with Crippen LogP contribution in [0.3, 0.4) is 0 Å². The molecule has 0 bridgehead atoms. The molecular weight excluding hydrogens is 198 g/mol. The van der Waals surface area contributed by atoms with Gasteiger partial charge >= 0.3 is 0 Å². The molecule has 0 saturated carbocycles. The van der Waals surface area contributed by atoms with E-state index in [9.17, 15) is 4.79 Å². The molecule has 16 heavy (non-hydrogen) atoms. The van der Waals surface area contributed by atoms with E-state index in [2.05, 4.69) is 0 Å². The number of nitrogens with two attached hydrogens (primary N) is 1. The molecule has 2 nitrogen and oxygen atoms in total. The Morgan fingerprint density at radius 2 is 1.56 bits per heavy atom. The van der Waals surface area contributed by atoms with E-state index < -0.39 is 0 Å². The second-order valence-corrected chi connectivity index (χ2v) is 3.67. The molecule has 0 atom stereocenters. The average molecular weight is 211 g/mol. The lowest BCUT2D eigenvalue weighted by Crippen LogP contribution is -2.14. The Morgan fingerprint density at radius 3 is 2.25 bits per heavy atom. The van der Waals surface area contributed by atoms with Crippen LogP contribution >= 0.6 is 0 Å². The molecule has 0 aliphatic carbocycles. The van der Waals surface area contributed by atoms with Gasteiger partial charge in [0.05, 0.1) is 6.42 Å². The fourth-order valence-electron chi connectivity index (χ4n) is 1.76. The van der Waals surface area contributed by atoms with Gasteiger partial charge in [-0.15, -0.1) is 0 Å². The lowest BCUT2D eigenvalue weighted by Gasteiger charge is -2.07. The van der Waals surface area contributed by atoms with Gasteiger partial charge in [-0.3, -0.25) is 4.79 Å². The van der Waals surface area contributed by atoms with Crippen molar-refractivity contribution in [1.29, 1.82) is 0 Å². The van der Waals surface area contributed by atoms with Crippen LogP contribution in [0, 0.1) is 0 Å². The summed E-state index contributed by atoms with van der Waals surface area (Å²) in [4.78, 5) is 11.0. The zero-order valence-electron chi connectivity index (χ0n) is 8.89. The summed E-state index contributed by atoms with van der Waals surface area (Å²) in [5.74, 6) is -0.302. The molecule has 0 radical (unpaired) electrons. The largest absolute Gasteiger partial charge is 0.369 e. The molecule has 1 amide bonds. The maximum atomic E-state index is 11.0. The second kappa shape index (κ2) is 4.62. The van der Waals surface area contributed by atoms with E-state index in [4.69, 9.17) is 5.73 Å². The first-order valence-electron chi connectivity index (χ1n) is 5.19. The lowest BCUT2D eigenvalue weighted by molar-refractivity contribution is -0.117. The summed E-state index contributed by atoms with van der Waals surface area (Å²) < 4.78 is 0. The number of carbonyl (C=O) groups excluding carboxylic acids is 1. The fourth-order valence-corrected chi connectivity index (χ4v) is 1.76. The summed E-state index contributed by atoms with van der Waals surface area (Å²) in [6.07, 6.45) is 0.283. The molecule has 2 rings (SSSR count). The van der Waals surface area contributed by atoms with Gasteiger partial charge in [-0.1, -0.05) is 54.6 Å². The van der Waals surface area contributed by atoms with E-state index in [0.717, 1.165) is 16.7 Å². The Labute approximate surface area is 94.7 Å². The van der Waals surface area contributed by atoms with Crippen LogP contribution in [0.5, 0.6) is 0 Å². The van der Waals surface area contributed by atoms with Crippen LogP contribution in [0.1, 0.15) is 5.56 Å². The van der Waals surface area contributed by atoms with Crippen molar-refractivity contribution in [2.75, 3.05) is 0 Å². The van der Waals surface area contributed by atoms with Crippen molar-refractivity contribution < 1.29 is 4.79 Å². The molecule has 0 fully saturated rings. The van der Waals surface area contributed by atoms with Gasteiger partial charge in [0.2, 0.25) is 5.91 Å². The van der Waals surface area contributed by atoms with E-state index >= 15 is 0 Å². The normalized spacial score (nSPS) is 10.0. The molecule has 0 spiro atoms. The maximum Gasteiger partial charge on any atom is 0.221 e. The average Bonchev–Trinajstić information content (AvgIpc) is 2.30. The monoisotopic (exact) mass is 211 g/mol. The van der Waals surface area contributed by atoms with Gasteiger partial charge in [0.25, 0.3) is 0 Å². The Balaban J connectivity index is 2.44. The molecule has 2 aromatic carbocycles. The van der Waals surface area contributed by atoms with E-state index in [1.807, 2.05) is 54.6 Å². The molecule has 0 saturated heterocycles. The zero-order chi connectivity index (χ0) is 11.4. The molecule has 0 aliphatic rings. The third-order valence-corrected chi connectivity index (χ3v) is 2.47. The molecule has 2 heteroatoms. The summed E-state index contributed by atoms with van der Waals surface area (Å²) >= 11 is 0. The highest BCUT2D eigenvalue weighted by Crippen LogP contribution is 2.23. The first kappa shape index (κ1) is 10.4. The Kier molecular flexibility index (Phi) is 3.01. The standard InChI is InChI=1S/C14H13NO/c15-14(16)10-12-8-4-5-9-13(12)11-6-2-1-3-7-11/h1-9H,10H2,(H2,15,16). The molecule has 0 heterocycles. The zero-order valence-corrected chi connectivity index (χ0v) is 8.89. The number of benzene rings is 2. The number of hydrogen-bond donors (Lipinski definition) is 1. The number of carbonyl (C=O) groups is 1. The minimum atomic E-state index is -0.302. The Morgan fingerprint density at radius 1 is 0.938 bits per heavy atom. The van der Waals surface area contributed by atoms with Crippen molar-refractivity contribution in [3.8, 4) is 11.1 Å². The van der Waals surface area contributed by atoms with Gasteiger partial charge in [0, 0.05) is 0 Å². The van der Waals surface area contributed by atoms with Crippen LogP contribution in [-0.2, 0) is 11.2 Å². The molecule has 2 aromatic rings. The number of rotatable bonds is 3. The van der Waals surface area contributed by atoms with Gasteiger partial charge in [0.1, 0.15) is 0 Å². The number of amides is 1. The van der Waals surface area contributed by atoms with Crippen LogP contribution in [-0.4, -0.2) is 5.91 Å². The summed E-state index contributed by atoms with van der Waals surface area (Å²) in [7, 11) is 0. The summed E-state index contributed by atoms with van der Waals surface area (Å²) in [5, 5.41) is 0. The molecular formula is C14H13NO. The molecule has 0 aromatic heterocycles. The molecule has 2 N–H and O–H groups in total. The summed E-state index contributed by atoms with van der Waals surface area (Å²) in [6, 6.07) is 17.8. The second-order valence-electron chi connectivity index (χ2n) is 3.67. The number of primary amides is 1. The van der Waals surface area contributed by atoms with Crippen LogP contribution in [0.2, 0.25) is 0 Å². The highest BCUT2D eigenvalue weighted by atomic mass is 16.1. The molecule has 0 aliphatic heterocycles. The lowest BCUT2D eigenvalue weighted by atomic mass is 9.98. The van der Waals surface area contributed by atoms with Gasteiger partial charge in [-0.05, 0) is 16.7 Å². The third-order valence-electron chi connectivity index (χ3n) is 2.47. The highest BCUT2D eigenvalue weighted by Gasteiger charge is 2.05. The Hall–Kier alpha value is -2.09. The van der Waals surface area contributed by atoms with Crippen molar-refractivity contribution in [2.45, 2.75) is 6.42 Å². The third kappa shape index (κ3) is 2.28. The van der Waals surface area contributed by atoms with Gasteiger partial charge in [-0.2, -0.15) is 0 Å². The SMILES string of the molecule is NC(=O)Cc1ccccc1-c1ccccc1. The predicted molar refractivity (Wildman–Crippen MR) is 64.8 cm³/mol. The first-order chi connectivity index (χ1) is 7.77. The summed E-state index contributed by atoms with van der Waals surface area (Å²) in [5.41, 5.74) is 8.39. The van der Waals surface area contributed by atoms with Crippen LogP contribution < -0.4 is 5.73 Å². The van der Waals surface area contributed by atoms with Crippen molar-refractivity contribution in [3.63, 3.8) is 0 Å². The van der Waals surface area contributed by atoms with Crippen LogP contribution in [0.15, 0.2) is 54.6 Å². The molecule has 80 valence electrons. The number of hydrogen-bond acceptors (Lipinski definition) is 1. The predicted octanol–water partition coefficient (Wildman–Crippen LogP) is 2.38. The maximum absolute atomic E-state index is 11.0. The molecule has 0 unspecified atom stereocenters. The van der Waals surface area contributed by atoms with E-state index in [1.165, 1.54) is 0 Å². The summed E-state index contributed by atoms with van der Waals surface area (Å²) in [6.45, 7) is 0. The van der Waals surface area contributed by atoms with Gasteiger partial charge in [-0.25, -0.2) is 0 Å². The highest BCUT2D eigenvalue weighted by molar-refractivity contribution is 5.80. The van der Waals surface area contributed by atoms with Crippen molar-refractivity contribution >= 4 is 5.91 Å². The van der Waals surface area contributed by atoms with E-state index in [0.29, 0.717) is 0 Å². The quantitative estimate of drug-likeness (QED) is 0.832. The van der Waals surface area contributed by atoms with Crippen LogP contribution in [0.25, 0.3) is 11.1 Å². The first-order valence-corrected chi connectivity index (χ1v) is 5.19. The minimum absolute atomic E-state index is 0.283. The van der Waals surface area contributed by atoms with Gasteiger partial charge < -0.3 is 5.73 Å². The van der Waals surface area contributed by atoms with Crippen LogP contribution in [0.4, 0.5) is 0 Å². The fraction of sp³-hybridized carbons (Fsp3) is 0.0714. The van der Waals surface area contributed by atoms with Crippen molar-refractivity contribution in [2.24, 2.45) is 5.73 Å². The smallest absolute Gasteiger partial charge is 0.221 e. The van der Waals surface area contributed by atoms with E-state index in [1.54, 1.807) is 0 Å².